The van der Waals surface area contributed by atoms with Crippen LogP contribution in [-0.4, -0.2) is 66.2 Å². The minimum absolute atomic E-state index is 0.0637. The van der Waals surface area contributed by atoms with Crippen LogP contribution in [0.4, 0.5) is 10.1 Å². The Morgan fingerprint density at radius 3 is 2.67 bits per heavy atom. The van der Waals surface area contributed by atoms with Gasteiger partial charge < -0.3 is 19.7 Å². The van der Waals surface area contributed by atoms with E-state index in [-0.39, 0.29) is 37.3 Å². The zero-order valence-corrected chi connectivity index (χ0v) is 22.0. The van der Waals surface area contributed by atoms with E-state index in [9.17, 15) is 14.0 Å². The lowest BCUT2D eigenvalue weighted by atomic mass is 9.95. The molecular formula is C30H29FN4O4. The summed E-state index contributed by atoms with van der Waals surface area (Å²) in [7, 11) is 1.60. The van der Waals surface area contributed by atoms with E-state index in [0.717, 1.165) is 0 Å². The van der Waals surface area contributed by atoms with Gasteiger partial charge in [0.25, 0.3) is 11.8 Å². The Morgan fingerprint density at radius 1 is 1.15 bits per heavy atom. The molecule has 9 heteroatoms. The third-order valence-electron chi connectivity index (χ3n) is 6.67. The average Bonchev–Trinajstić information content (AvgIpc) is 3.03. The predicted molar refractivity (Wildman–Crippen MR) is 145 cm³/mol. The summed E-state index contributed by atoms with van der Waals surface area (Å²) in [5.74, 6) is 6.28. The van der Waals surface area contributed by atoms with Crippen molar-refractivity contribution in [3.8, 4) is 29.1 Å². The Kier molecular flexibility index (Phi) is 7.22. The van der Waals surface area contributed by atoms with Crippen LogP contribution in [0.1, 0.15) is 29.9 Å². The van der Waals surface area contributed by atoms with Gasteiger partial charge in [-0.15, -0.1) is 0 Å². The van der Waals surface area contributed by atoms with Gasteiger partial charge in [0.05, 0.1) is 5.69 Å². The summed E-state index contributed by atoms with van der Waals surface area (Å²) in [6.45, 7) is 4.54. The topological polar surface area (TPSA) is 84.0 Å². The van der Waals surface area contributed by atoms with Crippen molar-refractivity contribution in [1.29, 1.82) is 0 Å². The number of carbonyl (C=O) groups is 2. The van der Waals surface area contributed by atoms with E-state index >= 15 is 0 Å². The highest BCUT2D eigenvalue weighted by molar-refractivity contribution is 6.03. The first-order valence-corrected chi connectivity index (χ1v) is 12.7. The van der Waals surface area contributed by atoms with Crippen molar-refractivity contribution in [3.05, 3.63) is 78.1 Å². The van der Waals surface area contributed by atoms with E-state index in [1.807, 2.05) is 36.9 Å². The van der Waals surface area contributed by atoms with E-state index in [4.69, 9.17) is 9.47 Å². The van der Waals surface area contributed by atoms with Gasteiger partial charge in [-0.2, -0.15) is 0 Å². The molecule has 2 aliphatic rings. The molecular weight excluding hydrogens is 499 g/mol. The molecule has 1 saturated heterocycles. The molecule has 0 radical (unpaired) electrons. The van der Waals surface area contributed by atoms with Crippen molar-refractivity contribution in [2.45, 2.75) is 31.6 Å². The number of halogens is 1. The van der Waals surface area contributed by atoms with Crippen LogP contribution in [0.25, 0.3) is 0 Å². The molecule has 3 heterocycles. The number of nitrogens with zero attached hydrogens (tertiary/aromatic N) is 3. The molecule has 1 aromatic heterocycles. The smallest absolute Gasteiger partial charge is 0.270 e. The van der Waals surface area contributed by atoms with Crippen LogP contribution in [0, 0.1) is 11.8 Å². The summed E-state index contributed by atoms with van der Waals surface area (Å²) in [6.07, 6.45) is 1.47. The van der Waals surface area contributed by atoms with Gasteiger partial charge in [0.15, 0.2) is 5.67 Å². The Morgan fingerprint density at radius 2 is 1.92 bits per heavy atom. The number of alkyl halides is 1. The van der Waals surface area contributed by atoms with Crippen LogP contribution in [0.2, 0.25) is 0 Å². The summed E-state index contributed by atoms with van der Waals surface area (Å²) < 4.78 is 26.5. The zero-order chi connectivity index (χ0) is 27.6. The number of amides is 2. The number of rotatable bonds is 5. The van der Waals surface area contributed by atoms with E-state index in [1.165, 1.54) is 17.2 Å². The third kappa shape index (κ3) is 5.86. The first kappa shape index (κ1) is 26.2. The minimum Gasteiger partial charge on any atom is -0.489 e. The first-order valence-electron chi connectivity index (χ1n) is 12.7. The highest BCUT2D eigenvalue weighted by atomic mass is 19.1. The van der Waals surface area contributed by atoms with Gasteiger partial charge in [-0.05, 0) is 50.2 Å². The highest BCUT2D eigenvalue weighted by Gasteiger charge is 2.43. The molecule has 0 bridgehead atoms. The molecule has 0 saturated carbocycles. The summed E-state index contributed by atoms with van der Waals surface area (Å²) in [6, 6.07) is 16.8. The SMILES string of the molecule is CC(C)N1CC(F)(C#Cc2ccc3c(c2)N(C)C(=O)[C@H](NC(=O)c2cc(Oc4ccccc4)ccn2)CO3)C1. The number of likely N-dealkylation sites (tertiary alicyclic amines) is 1. The summed E-state index contributed by atoms with van der Waals surface area (Å²) in [4.78, 5) is 33.8. The number of carbonyl (C=O) groups excluding carboxylic acids is 2. The molecule has 3 aromatic rings. The van der Waals surface area contributed by atoms with Gasteiger partial charge in [-0.25, -0.2) is 4.39 Å². The number of hydrogen-bond acceptors (Lipinski definition) is 6. The number of likely N-dealkylation sites (N-methyl/N-ethyl adjacent to an activating group) is 1. The van der Waals surface area contributed by atoms with Crippen molar-refractivity contribution in [3.63, 3.8) is 0 Å². The maximum atomic E-state index is 14.8. The Balaban J connectivity index is 1.26. The quantitative estimate of drug-likeness (QED) is 0.507. The maximum Gasteiger partial charge on any atom is 0.270 e. The van der Waals surface area contributed by atoms with Crippen molar-refractivity contribution in [2.75, 3.05) is 31.6 Å². The van der Waals surface area contributed by atoms with Gasteiger partial charge in [0.1, 0.15) is 35.6 Å². The van der Waals surface area contributed by atoms with Crippen LogP contribution in [0.15, 0.2) is 66.9 Å². The number of ether oxygens (including phenoxy) is 2. The van der Waals surface area contributed by atoms with Gasteiger partial charge >= 0.3 is 0 Å². The normalized spacial score (nSPS) is 18.1. The lowest BCUT2D eigenvalue weighted by Gasteiger charge is -2.43. The number of pyridine rings is 1. The molecule has 5 rings (SSSR count). The number of para-hydroxylation sites is 1. The minimum atomic E-state index is -1.54. The van der Waals surface area contributed by atoms with Crippen LogP contribution in [0.5, 0.6) is 17.2 Å². The molecule has 8 nitrogen and oxygen atoms in total. The molecule has 2 aromatic carbocycles. The number of benzene rings is 2. The van der Waals surface area contributed by atoms with Crippen molar-refractivity contribution < 1.29 is 23.5 Å². The monoisotopic (exact) mass is 528 g/mol. The first-order chi connectivity index (χ1) is 18.7. The largest absolute Gasteiger partial charge is 0.489 e. The zero-order valence-electron chi connectivity index (χ0n) is 22.0. The van der Waals surface area contributed by atoms with Crippen molar-refractivity contribution >= 4 is 17.5 Å². The second kappa shape index (κ2) is 10.8. The Bertz CT molecular complexity index is 1440. The van der Waals surface area contributed by atoms with E-state index in [1.54, 1.807) is 43.4 Å². The molecule has 2 aliphatic heterocycles. The van der Waals surface area contributed by atoms with Crippen molar-refractivity contribution in [1.82, 2.24) is 15.2 Å². The number of anilines is 1. The van der Waals surface area contributed by atoms with Gasteiger partial charge in [0, 0.05) is 44.0 Å². The standard InChI is InChI=1S/C30H29FN4O4/c1-20(2)35-18-30(31,19-35)13-11-21-9-10-27-26(15-21)34(3)29(37)25(17-38-27)33-28(36)24-16-23(12-14-32-24)39-22-7-5-4-6-8-22/h4-10,12,14-16,20,25H,17-19H2,1-3H3,(H,33,36)/t25-/m1/s1. The fraction of sp³-hybridized carbons (Fsp3) is 0.300. The fourth-order valence-electron chi connectivity index (χ4n) is 4.36. The number of aromatic nitrogens is 1. The lowest BCUT2D eigenvalue weighted by molar-refractivity contribution is -0.120. The number of hydrogen-bond donors (Lipinski definition) is 1. The van der Waals surface area contributed by atoms with E-state index in [0.29, 0.717) is 28.5 Å². The van der Waals surface area contributed by atoms with Crippen LogP contribution < -0.4 is 19.7 Å². The van der Waals surface area contributed by atoms with Gasteiger partial charge in [-0.3, -0.25) is 19.5 Å². The van der Waals surface area contributed by atoms with Crippen LogP contribution in [0.3, 0.4) is 0 Å². The van der Waals surface area contributed by atoms with E-state index < -0.39 is 17.6 Å². The van der Waals surface area contributed by atoms with Crippen LogP contribution in [-0.2, 0) is 4.79 Å². The molecule has 1 atom stereocenters. The molecule has 200 valence electrons. The van der Waals surface area contributed by atoms with Gasteiger partial charge in [0.2, 0.25) is 0 Å². The molecule has 0 aliphatic carbocycles. The molecule has 1 N–H and O–H groups in total. The number of fused-ring (bicyclic) bond motifs is 1. The van der Waals surface area contributed by atoms with Gasteiger partial charge in [-0.1, -0.05) is 30.0 Å². The van der Waals surface area contributed by atoms with Crippen LogP contribution >= 0.6 is 0 Å². The second-order valence-corrected chi connectivity index (χ2v) is 9.92. The molecule has 1 fully saturated rings. The fourth-order valence-corrected chi connectivity index (χ4v) is 4.36. The number of nitrogens with one attached hydrogen (secondary N) is 1. The lowest BCUT2D eigenvalue weighted by Crippen LogP contribution is -2.60. The third-order valence-corrected chi connectivity index (χ3v) is 6.67. The molecule has 2 amide bonds. The Labute approximate surface area is 226 Å². The predicted octanol–water partition coefficient (Wildman–Crippen LogP) is 3.81. The molecule has 0 unspecified atom stereocenters. The summed E-state index contributed by atoms with van der Waals surface area (Å²) >= 11 is 0. The second-order valence-electron chi connectivity index (χ2n) is 9.92. The summed E-state index contributed by atoms with van der Waals surface area (Å²) in [5.41, 5.74) is -0.378. The van der Waals surface area contributed by atoms with E-state index in [2.05, 4.69) is 22.1 Å². The highest BCUT2D eigenvalue weighted by Crippen LogP contribution is 2.32. The molecule has 39 heavy (non-hydrogen) atoms. The summed E-state index contributed by atoms with van der Waals surface area (Å²) in [5, 5.41) is 2.71. The maximum absolute atomic E-state index is 14.8. The molecule has 0 spiro atoms. The Hall–Kier alpha value is -4.42. The average molecular weight is 529 g/mol. The van der Waals surface area contributed by atoms with Crippen molar-refractivity contribution in [2.24, 2.45) is 0 Å².